The lowest BCUT2D eigenvalue weighted by Gasteiger charge is -1.99. The molecule has 0 spiro atoms. The standard InChI is InChI=1S/C12H17N5O2S2/c1-4-5-6-20-12-15-14-11(21-12)13-9(18)8-7-17(2)16-10(8)19-3/h7H,4-6H2,1-3H3,(H,13,14,18). The van der Waals surface area contributed by atoms with Crippen molar-refractivity contribution in [3.63, 3.8) is 0 Å². The number of carbonyl (C=O) groups is 1. The normalized spacial score (nSPS) is 10.6. The highest BCUT2D eigenvalue weighted by atomic mass is 32.2. The molecular formula is C12H17N5O2S2. The Labute approximate surface area is 131 Å². The number of methoxy groups -OCH3 is 1. The fourth-order valence-electron chi connectivity index (χ4n) is 1.56. The number of amides is 1. The fraction of sp³-hybridized carbons (Fsp3) is 0.500. The van der Waals surface area contributed by atoms with Crippen LogP contribution in [0.1, 0.15) is 30.1 Å². The number of ether oxygens (including phenoxy) is 1. The zero-order chi connectivity index (χ0) is 15.2. The van der Waals surface area contributed by atoms with Gasteiger partial charge in [0.25, 0.3) is 5.91 Å². The topological polar surface area (TPSA) is 81.9 Å². The van der Waals surface area contributed by atoms with Crippen molar-refractivity contribution >= 4 is 34.1 Å². The van der Waals surface area contributed by atoms with E-state index in [2.05, 4.69) is 27.5 Å². The van der Waals surface area contributed by atoms with E-state index >= 15 is 0 Å². The van der Waals surface area contributed by atoms with Crippen LogP contribution in [0.3, 0.4) is 0 Å². The summed E-state index contributed by atoms with van der Waals surface area (Å²) in [4.78, 5) is 12.2. The van der Waals surface area contributed by atoms with Crippen molar-refractivity contribution in [1.82, 2.24) is 20.0 Å². The van der Waals surface area contributed by atoms with Crippen LogP contribution in [-0.2, 0) is 7.05 Å². The van der Waals surface area contributed by atoms with Crippen molar-refractivity contribution in [2.75, 3.05) is 18.2 Å². The maximum atomic E-state index is 12.2. The van der Waals surface area contributed by atoms with Gasteiger partial charge in [-0.25, -0.2) is 0 Å². The Bertz CT molecular complexity index is 611. The summed E-state index contributed by atoms with van der Waals surface area (Å²) in [6.07, 6.45) is 3.89. The number of nitrogens with zero attached hydrogens (tertiary/aromatic N) is 4. The molecule has 2 aromatic heterocycles. The molecule has 9 heteroatoms. The van der Waals surface area contributed by atoms with Gasteiger partial charge in [0.05, 0.1) is 7.11 Å². The van der Waals surface area contributed by atoms with Crippen LogP contribution >= 0.6 is 23.1 Å². The van der Waals surface area contributed by atoms with Crippen LogP contribution in [-0.4, -0.2) is 38.7 Å². The maximum absolute atomic E-state index is 12.2. The molecule has 0 unspecified atom stereocenters. The van der Waals surface area contributed by atoms with Crippen molar-refractivity contribution in [1.29, 1.82) is 0 Å². The number of aryl methyl sites for hydroxylation is 1. The van der Waals surface area contributed by atoms with Crippen LogP contribution in [0.5, 0.6) is 5.88 Å². The lowest BCUT2D eigenvalue weighted by molar-refractivity contribution is 0.102. The molecule has 0 bridgehead atoms. The lowest BCUT2D eigenvalue weighted by Crippen LogP contribution is -2.12. The predicted molar refractivity (Wildman–Crippen MR) is 83.3 cm³/mol. The highest BCUT2D eigenvalue weighted by molar-refractivity contribution is 8.01. The molecule has 7 nitrogen and oxygen atoms in total. The van der Waals surface area contributed by atoms with Crippen molar-refractivity contribution < 1.29 is 9.53 Å². The van der Waals surface area contributed by atoms with Gasteiger partial charge in [-0.15, -0.1) is 15.3 Å². The average Bonchev–Trinajstić information content (AvgIpc) is 3.05. The minimum Gasteiger partial charge on any atom is -0.479 e. The molecule has 0 aromatic carbocycles. The first-order valence-corrected chi connectivity index (χ1v) is 8.29. The molecule has 2 heterocycles. The molecule has 0 radical (unpaired) electrons. The van der Waals surface area contributed by atoms with Gasteiger partial charge in [-0.2, -0.15) is 0 Å². The summed E-state index contributed by atoms with van der Waals surface area (Å²) in [6.45, 7) is 2.15. The lowest BCUT2D eigenvalue weighted by atomic mass is 10.3. The summed E-state index contributed by atoms with van der Waals surface area (Å²) < 4.78 is 7.45. The van der Waals surface area contributed by atoms with E-state index in [9.17, 15) is 4.79 Å². The Morgan fingerprint density at radius 3 is 3.05 bits per heavy atom. The summed E-state index contributed by atoms with van der Waals surface area (Å²) >= 11 is 3.02. The molecule has 0 aliphatic rings. The zero-order valence-corrected chi connectivity index (χ0v) is 13.8. The molecular weight excluding hydrogens is 310 g/mol. The highest BCUT2D eigenvalue weighted by Crippen LogP contribution is 2.27. The van der Waals surface area contributed by atoms with E-state index in [1.165, 1.54) is 23.1 Å². The number of rotatable bonds is 7. The average molecular weight is 327 g/mol. The third kappa shape index (κ3) is 4.18. The molecule has 0 fully saturated rings. The van der Waals surface area contributed by atoms with E-state index in [1.807, 2.05) is 0 Å². The second kappa shape index (κ2) is 7.41. The van der Waals surface area contributed by atoms with Gasteiger partial charge < -0.3 is 4.74 Å². The van der Waals surface area contributed by atoms with Gasteiger partial charge in [0.1, 0.15) is 5.56 Å². The molecule has 2 rings (SSSR count). The largest absolute Gasteiger partial charge is 0.479 e. The van der Waals surface area contributed by atoms with Crippen LogP contribution in [0.15, 0.2) is 10.5 Å². The Morgan fingerprint density at radius 1 is 1.52 bits per heavy atom. The number of aromatic nitrogens is 4. The van der Waals surface area contributed by atoms with E-state index < -0.39 is 0 Å². The Morgan fingerprint density at radius 2 is 2.33 bits per heavy atom. The summed E-state index contributed by atoms with van der Waals surface area (Å²) in [5.74, 6) is 0.994. The predicted octanol–water partition coefficient (Wildman–Crippen LogP) is 2.42. The van der Waals surface area contributed by atoms with Crippen LogP contribution in [0.25, 0.3) is 0 Å². The molecule has 0 atom stereocenters. The first kappa shape index (κ1) is 15.8. The van der Waals surface area contributed by atoms with Gasteiger partial charge in [0.2, 0.25) is 11.0 Å². The molecule has 0 aliphatic carbocycles. The Hall–Kier alpha value is -1.61. The summed E-state index contributed by atoms with van der Waals surface area (Å²) in [6, 6.07) is 0. The Kier molecular flexibility index (Phi) is 5.57. The van der Waals surface area contributed by atoms with E-state index in [1.54, 1.807) is 25.0 Å². The number of nitrogens with one attached hydrogen (secondary N) is 1. The minimum absolute atomic E-state index is 0.289. The van der Waals surface area contributed by atoms with Gasteiger partial charge in [-0.05, 0) is 6.42 Å². The maximum Gasteiger partial charge on any atom is 0.264 e. The molecule has 1 amide bonds. The number of unbranched alkanes of at least 4 members (excludes halogenated alkanes) is 1. The molecule has 2 aromatic rings. The summed E-state index contributed by atoms with van der Waals surface area (Å²) in [7, 11) is 3.21. The molecule has 0 saturated heterocycles. The first-order chi connectivity index (χ1) is 10.1. The second-order valence-electron chi connectivity index (χ2n) is 4.25. The van der Waals surface area contributed by atoms with Crippen LogP contribution in [0.2, 0.25) is 0 Å². The first-order valence-electron chi connectivity index (χ1n) is 6.49. The number of anilines is 1. The monoisotopic (exact) mass is 327 g/mol. The van der Waals surface area contributed by atoms with Crippen LogP contribution < -0.4 is 10.1 Å². The van der Waals surface area contributed by atoms with Crippen molar-refractivity contribution in [2.24, 2.45) is 7.05 Å². The Balaban J connectivity index is 1.99. The van der Waals surface area contributed by atoms with E-state index in [0.29, 0.717) is 10.7 Å². The van der Waals surface area contributed by atoms with Gasteiger partial charge in [-0.3, -0.25) is 14.8 Å². The molecule has 1 N–H and O–H groups in total. The number of thioether (sulfide) groups is 1. The van der Waals surface area contributed by atoms with Crippen molar-refractivity contribution in [3.8, 4) is 5.88 Å². The zero-order valence-electron chi connectivity index (χ0n) is 12.1. The number of hydrogen-bond acceptors (Lipinski definition) is 7. The smallest absolute Gasteiger partial charge is 0.264 e. The summed E-state index contributed by atoms with van der Waals surface area (Å²) in [5.41, 5.74) is 0.371. The van der Waals surface area contributed by atoms with Crippen LogP contribution in [0.4, 0.5) is 5.13 Å². The van der Waals surface area contributed by atoms with Crippen molar-refractivity contribution in [2.45, 2.75) is 24.1 Å². The van der Waals surface area contributed by atoms with Gasteiger partial charge in [0, 0.05) is 19.0 Å². The van der Waals surface area contributed by atoms with E-state index in [-0.39, 0.29) is 11.8 Å². The third-order valence-corrected chi connectivity index (χ3v) is 4.64. The summed E-state index contributed by atoms with van der Waals surface area (Å²) in [5, 5.41) is 15.3. The van der Waals surface area contributed by atoms with Gasteiger partial charge >= 0.3 is 0 Å². The van der Waals surface area contributed by atoms with Crippen molar-refractivity contribution in [3.05, 3.63) is 11.8 Å². The fourth-order valence-corrected chi connectivity index (χ4v) is 3.46. The second-order valence-corrected chi connectivity index (χ2v) is 6.57. The highest BCUT2D eigenvalue weighted by Gasteiger charge is 2.18. The number of hydrogen-bond donors (Lipinski definition) is 1. The third-order valence-electron chi connectivity index (χ3n) is 2.58. The van der Waals surface area contributed by atoms with Crippen LogP contribution in [0, 0.1) is 0 Å². The van der Waals surface area contributed by atoms with Gasteiger partial charge in [0.15, 0.2) is 4.34 Å². The molecule has 114 valence electrons. The molecule has 21 heavy (non-hydrogen) atoms. The quantitative estimate of drug-likeness (QED) is 0.478. The van der Waals surface area contributed by atoms with E-state index in [4.69, 9.17) is 4.74 Å². The SMILES string of the molecule is CCCCSc1nnc(NC(=O)c2cn(C)nc2OC)s1. The molecule has 0 aliphatic heterocycles. The molecule has 0 saturated carbocycles. The van der Waals surface area contributed by atoms with E-state index in [0.717, 1.165) is 22.9 Å². The minimum atomic E-state index is -0.304. The van der Waals surface area contributed by atoms with Gasteiger partial charge in [-0.1, -0.05) is 36.4 Å². The number of carbonyl (C=O) groups excluding carboxylic acids is 1.